The van der Waals surface area contributed by atoms with E-state index in [4.69, 9.17) is 18.9 Å². The number of benzene rings is 3. The van der Waals surface area contributed by atoms with Crippen LogP contribution in [-0.4, -0.2) is 37.9 Å². The summed E-state index contributed by atoms with van der Waals surface area (Å²) in [5, 5.41) is 3.99. The molecule has 0 aromatic heterocycles. The first-order valence-corrected chi connectivity index (χ1v) is 11.6. The van der Waals surface area contributed by atoms with Crippen LogP contribution in [0.25, 0.3) is 0 Å². The average molecular weight is 541 g/mol. The number of ether oxygens (including phenoxy) is 4. The van der Waals surface area contributed by atoms with Gasteiger partial charge in [0.1, 0.15) is 11.5 Å². The molecular weight excluding hydrogens is 516 g/mol. The number of carbonyl (C=O) groups is 2. The predicted molar refractivity (Wildman–Crippen MR) is 136 cm³/mol. The molecule has 0 heterocycles. The van der Waals surface area contributed by atoms with Crippen molar-refractivity contribution in [2.45, 2.75) is 20.0 Å². The highest BCUT2D eigenvalue weighted by Crippen LogP contribution is 2.29. The zero-order chi connectivity index (χ0) is 25.2. The Hall–Kier alpha value is -3.85. The van der Waals surface area contributed by atoms with Crippen LogP contribution in [0.2, 0.25) is 0 Å². The minimum absolute atomic E-state index is 0.269. The minimum atomic E-state index is -0.743. The van der Waals surface area contributed by atoms with Crippen molar-refractivity contribution in [3.63, 3.8) is 0 Å². The van der Waals surface area contributed by atoms with Gasteiger partial charge in [-0.05, 0) is 86.1 Å². The normalized spacial score (nSPS) is 11.5. The van der Waals surface area contributed by atoms with E-state index in [2.05, 4.69) is 26.5 Å². The Bertz CT molecular complexity index is 1180. The van der Waals surface area contributed by atoms with E-state index in [0.29, 0.717) is 35.0 Å². The van der Waals surface area contributed by atoms with Crippen molar-refractivity contribution in [2.24, 2.45) is 5.10 Å². The van der Waals surface area contributed by atoms with Gasteiger partial charge in [-0.2, -0.15) is 5.10 Å². The van der Waals surface area contributed by atoms with E-state index in [9.17, 15) is 9.59 Å². The smallest absolute Gasteiger partial charge is 0.343 e. The Kier molecular flexibility index (Phi) is 9.25. The highest BCUT2D eigenvalue weighted by atomic mass is 79.9. The summed E-state index contributed by atoms with van der Waals surface area (Å²) in [5.41, 5.74) is 3.47. The Morgan fingerprint density at radius 3 is 2.34 bits per heavy atom. The second-order valence-electron chi connectivity index (χ2n) is 7.21. The topological polar surface area (TPSA) is 95.5 Å². The van der Waals surface area contributed by atoms with E-state index >= 15 is 0 Å². The molecule has 9 heteroatoms. The molecule has 3 rings (SSSR count). The van der Waals surface area contributed by atoms with E-state index in [1.807, 2.05) is 19.1 Å². The second-order valence-corrected chi connectivity index (χ2v) is 8.12. The SMILES string of the molecule is CCOc1cc(/C=N\NC(=O)[C@@H](C)Oc2ccc(Br)cc2)ccc1OC(=O)c1ccc(OC)cc1. The summed E-state index contributed by atoms with van der Waals surface area (Å²) in [6.07, 6.45) is 0.717. The molecule has 0 spiro atoms. The molecule has 1 amide bonds. The maximum absolute atomic E-state index is 12.5. The van der Waals surface area contributed by atoms with Crippen molar-refractivity contribution in [1.29, 1.82) is 0 Å². The van der Waals surface area contributed by atoms with E-state index < -0.39 is 18.0 Å². The van der Waals surface area contributed by atoms with Crippen LogP contribution in [0.4, 0.5) is 0 Å². The van der Waals surface area contributed by atoms with Crippen LogP contribution < -0.4 is 24.4 Å². The summed E-state index contributed by atoms with van der Waals surface area (Å²) in [6, 6.07) is 18.7. The molecule has 0 aliphatic heterocycles. The number of hydrogen-bond donors (Lipinski definition) is 1. The lowest BCUT2D eigenvalue weighted by molar-refractivity contribution is -0.127. The number of carbonyl (C=O) groups excluding carboxylic acids is 2. The third-order valence-corrected chi connectivity index (χ3v) is 5.21. The van der Waals surface area contributed by atoms with Gasteiger partial charge in [0.25, 0.3) is 5.91 Å². The van der Waals surface area contributed by atoms with Gasteiger partial charge in [-0.15, -0.1) is 0 Å². The molecule has 3 aromatic rings. The molecule has 0 fully saturated rings. The molecule has 0 saturated heterocycles. The number of hydrogen-bond acceptors (Lipinski definition) is 7. The quantitative estimate of drug-likeness (QED) is 0.168. The number of rotatable bonds is 10. The molecule has 0 aliphatic carbocycles. The summed E-state index contributed by atoms with van der Waals surface area (Å²) in [6.45, 7) is 3.82. The standard InChI is InChI=1S/C26H25BrN2O6/c1-4-33-24-15-18(5-14-23(24)35-26(31)19-6-10-21(32-3)11-7-19)16-28-29-25(30)17(2)34-22-12-8-20(27)9-13-22/h5-17H,4H2,1-3H3,(H,29,30)/b28-16-/t17-/m1/s1. The van der Waals surface area contributed by atoms with Crippen LogP contribution in [-0.2, 0) is 4.79 Å². The monoisotopic (exact) mass is 540 g/mol. The highest BCUT2D eigenvalue weighted by Gasteiger charge is 2.15. The third-order valence-electron chi connectivity index (χ3n) is 4.68. The van der Waals surface area contributed by atoms with Gasteiger partial charge in [-0.25, -0.2) is 10.2 Å². The van der Waals surface area contributed by atoms with E-state index in [1.54, 1.807) is 68.6 Å². The molecule has 1 atom stereocenters. The first-order chi connectivity index (χ1) is 16.9. The van der Waals surface area contributed by atoms with Gasteiger partial charge in [-0.3, -0.25) is 4.79 Å². The molecule has 35 heavy (non-hydrogen) atoms. The van der Waals surface area contributed by atoms with Crippen molar-refractivity contribution in [3.05, 3.63) is 82.3 Å². The second kappa shape index (κ2) is 12.6. The maximum atomic E-state index is 12.5. The van der Waals surface area contributed by atoms with Crippen molar-refractivity contribution in [1.82, 2.24) is 5.43 Å². The van der Waals surface area contributed by atoms with Crippen molar-refractivity contribution < 1.29 is 28.5 Å². The van der Waals surface area contributed by atoms with E-state index in [1.165, 1.54) is 6.21 Å². The fourth-order valence-corrected chi connectivity index (χ4v) is 3.14. The number of esters is 1. The van der Waals surface area contributed by atoms with Crippen molar-refractivity contribution in [3.8, 4) is 23.0 Å². The molecule has 0 radical (unpaired) electrons. The van der Waals surface area contributed by atoms with Gasteiger partial charge in [0, 0.05) is 4.47 Å². The minimum Gasteiger partial charge on any atom is -0.497 e. The lowest BCUT2D eigenvalue weighted by atomic mass is 10.2. The van der Waals surface area contributed by atoms with Crippen LogP contribution in [0.1, 0.15) is 29.8 Å². The number of nitrogens with zero attached hydrogens (tertiary/aromatic N) is 1. The van der Waals surface area contributed by atoms with Crippen LogP contribution in [0.15, 0.2) is 76.3 Å². The summed E-state index contributed by atoms with van der Waals surface area (Å²) < 4.78 is 22.8. The van der Waals surface area contributed by atoms with Crippen LogP contribution in [0, 0.1) is 0 Å². The van der Waals surface area contributed by atoms with E-state index in [0.717, 1.165) is 4.47 Å². The summed E-state index contributed by atoms with van der Waals surface area (Å²) >= 11 is 3.35. The van der Waals surface area contributed by atoms with Crippen LogP contribution >= 0.6 is 15.9 Å². The molecular formula is C26H25BrN2O6. The lowest BCUT2D eigenvalue weighted by Gasteiger charge is -2.13. The van der Waals surface area contributed by atoms with Gasteiger partial charge < -0.3 is 18.9 Å². The third kappa shape index (κ3) is 7.58. The summed E-state index contributed by atoms with van der Waals surface area (Å²) in [7, 11) is 1.55. The molecule has 1 N–H and O–H groups in total. The van der Waals surface area contributed by atoms with E-state index in [-0.39, 0.29) is 5.75 Å². The molecule has 0 unspecified atom stereocenters. The maximum Gasteiger partial charge on any atom is 0.343 e. The summed E-state index contributed by atoms with van der Waals surface area (Å²) in [5.74, 6) is 0.922. The molecule has 182 valence electrons. The first-order valence-electron chi connectivity index (χ1n) is 10.8. The fraction of sp³-hybridized carbons (Fsp3) is 0.192. The zero-order valence-corrected chi connectivity index (χ0v) is 21.1. The van der Waals surface area contributed by atoms with Gasteiger partial charge in [0.05, 0.1) is 25.5 Å². The van der Waals surface area contributed by atoms with Gasteiger partial charge >= 0.3 is 5.97 Å². The predicted octanol–water partition coefficient (Wildman–Crippen LogP) is 4.99. The molecule has 0 aliphatic rings. The van der Waals surface area contributed by atoms with Crippen LogP contribution in [0.5, 0.6) is 23.0 Å². The van der Waals surface area contributed by atoms with Crippen LogP contribution in [0.3, 0.4) is 0 Å². The number of amides is 1. The zero-order valence-electron chi connectivity index (χ0n) is 19.5. The van der Waals surface area contributed by atoms with Crippen molar-refractivity contribution in [2.75, 3.05) is 13.7 Å². The Balaban J connectivity index is 1.62. The first kappa shape index (κ1) is 25.8. The van der Waals surface area contributed by atoms with Crippen molar-refractivity contribution >= 4 is 34.0 Å². The highest BCUT2D eigenvalue weighted by molar-refractivity contribution is 9.10. The largest absolute Gasteiger partial charge is 0.497 e. The fourth-order valence-electron chi connectivity index (χ4n) is 2.88. The molecule has 3 aromatic carbocycles. The Labute approximate surface area is 212 Å². The van der Waals surface area contributed by atoms with Gasteiger partial charge in [-0.1, -0.05) is 15.9 Å². The molecule has 8 nitrogen and oxygen atoms in total. The molecule has 0 saturated carbocycles. The number of hydrazone groups is 1. The number of nitrogens with one attached hydrogen (secondary N) is 1. The number of methoxy groups -OCH3 is 1. The molecule has 0 bridgehead atoms. The lowest BCUT2D eigenvalue weighted by Crippen LogP contribution is -2.33. The van der Waals surface area contributed by atoms with Gasteiger partial charge in [0.15, 0.2) is 17.6 Å². The Morgan fingerprint density at radius 2 is 1.69 bits per heavy atom. The van der Waals surface area contributed by atoms with Gasteiger partial charge in [0.2, 0.25) is 0 Å². The summed E-state index contributed by atoms with van der Waals surface area (Å²) in [4.78, 5) is 24.8. The Morgan fingerprint density at radius 1 is 1.00 bits per heavy atom. The number of halogens is 1. The average Bonchev–Trinajstić information content (AvgIpc) is 2.87.